The first-order valence-electron chi connectivity index (χ1n) is 17.2. The van der Waals surface area contributed by atoms with Gasteiger partial charge in [-0.1, -0.05) is 20.3 Å². The second-order valence-corrected chi connectivity index (χ2v) is 14.1. The summed E-state index contributed by atoms with van der Waals surface area (Å²) in [5.41, 5.74) is 0.331. The number of benzene rings is 1. The Labute approximate surface area is 280 Å². The number of hydrogen-bond acceptors (Lipinski definition) is 9. The fourth-order valence-corrected chi connectivity index (χ4v) is 7.27. The molecule has 4 rings (SSSR count). The third kappa shape index (κ3) is 8.95. The number of nitrogens with zero attached hydrogens (tertiary/aromatic N) is 8. The van der Waals surface area contributed by atoms with Gasteiger partial charge in [0, 0.05) is 76.8 Å². The van der Waals surface area contributed by atoms with Crippen molar-refractivity contribution < 1.29 is 18.7 Å². The highest BCUT2D eigenvalue weighted by atomic mass is 19.1. The number of halogens is 1. The molecule has 2 aliphatic rings. The number of carbonyl (C=O) groups is 2. The van der Waals surface area contributed by atoms with Crippen LogP contribution in [-0.2, 0) is 4.79 Å². The van der Waals surface area contributed by atoms with E-state index in [1.54, 1.807) is 9.80 Å². The molecule has 0 aliphatic carbocycles. The Hall–Kier alpha value is -3.38. The average Bonchev–Trinajstić information content (AvgIpc) is 3.46. The van der Waals surface area contributed by atoms with Crippen molar-refractivity contribution in [1.82, 2.24) is 34.8 Å². The van der Waals surface area contributed by atoms with E-state index in [1.165, 1.54) is 30.9 Å². The van der Waals surface area contributed by atoms with Crippen molar-refractivity contribution in [3.8, 4) is 11.6 Å². The topological polar surface area (TPSA) is 98.2 Å². The summed E-state index contributed by atoms with van der Waals surface area (Å²) in [5, 5.41) is 8.22. The van der Waals surface area contributed by atoms with E-state index in [4.69, 9.17) is 4.74 Å². The number of anilines is 1. The Morgan fingerprint density at radius 1 is 1.09 bits per heavy atom. The van der Waals surface area contributed by atoms with Gasteiger partial charge in [-0.05, 0) is 78.2 Å². The van der Waals surface area contributed by atoms with Crippen LogP contribution in [0.5, 0.6) is 11.6 Å². The van der Waals surface area contributed by atoms with Crippen molar-refractivity contribution in [1.29, 1.82) is 0 Å². The Bertz CT molecular complexity index is 1350. The van der Waals surface area contributed by atoms with Gasteiger partial charge in [0.25, 0.3) is 11.8 Å². The smallest absolute Gasteiger partial charge is 0.282 e. The molecule has 11 nitrogen and oxygen atoms in total. The van der Waals surface area contributed by atoms with Crippen LogP contribution in [0.3, 0.4) is 0 Å². The van der Waals surface area contributed by atoms with Crippen LogP contribution in [0.25, 0.3) is 0 Å². The van der Waals surface area contributed by atoms with Gasteiger partial charge < -0.3 is 24.3 Å². The van der Waals surface area contributed by atoms with Gasteiger partial charge in [-0.25, -0.2) is 9.37 Å². The van der Waals surface area contributed by atoms with E-state index in [1.807, 2.05) is 41.8 Å². The lowest BCUT2D eigenvalue weighted by Gasteiger charge is -2.52. The molecule has 2 saturated heterocycles. The number of hydrogen-bond donors (Lipinski definition) is 0. The maximum atomic E-state index is 14.3. The molecular formula is C35H55FN8O3. The fourth-order valence-electron chi connectivity index (χ4n) is 7.27. The molecule has 1 aromatic carbocycles. The monoisotopic (exact) mass is 654 g/mol. The number of ether oxygens (including phenoxy) is 1. The summed E-state index contributed by atoms with van der Waals surface area (Å²) >= 11 is 0. The Balaban J connectivity index is 1.37. The zero-order chi connectivity index (χ0) is 34.3. The molecule has 0 saturated carbocycles. The molecule has 47 heavy (non-hydrogen) atoms. The van der Waals surface area contributed by atoms with E-state index in [9.17, 15) is 14.0 Å². The molecule has 2 atom stereocenters. The largest absolute Gasteiger partial charge is 0.434 e. The molecular weight excluding hydrogens is 599 g/mol. The summed E-state index contributed by atoms with van der Waals surface area (Å²) in [4.78, 5) is 40.7. The molecule has 0 N–H and O–H groups in total. The molecule has 3 heterocycles. The van der Waals surface area contributed by atoms with Crippen LogP contribution < -0.4 is 9.64 Å². The third-order valence-corrected chi connectivity index (χ3v) is 9.65. The van der Waals surface area contributed by atoms with E-state index in [2.05, 4.69) is 43.9 Å². The summed E-state index contributed by atoms with van der Waals surface area (Å²) in [6, 6.07) is 4.48. The summed E-state index contributed by atoms with van der Waals surface area (Å²) < 4.78 is 20.5. The summed E-state index contributed by atoms with van der Waals surface area (Å²) in [7, 11) is 5.74. The Morgan fingerprint density at radius 3 is 2.49 bits per heavy atom. The predicted octanol–water partition coefficient (Wildman–Crippen LogP) is 4.79. The van der Waals surface area contributed by atoms with Crippen LogP contribution in [0.1, 0.15) is 77.1 Å². The number of aromatic nitrogens is 3. The van der Waals surface area contributed by atoms with E-state index >= 15 is 0 Å². The summed E-state index contributed by atoms with van der Waals surface area (Å²) in [6.07, 6.45) is 7.05. The Morgan fingerprint density at radius 2 is 1.83 bits per heavy atom. The molecule has 2 aliphatic heterocycles. The van der Waals surface area contributed by atoms with Crippen molar-refractivity contribution in [2.45, 2.75) is 78.8 Å². The van der Waals surface area contributed by atoms with Gasteiger partial charge in [-0.3, -0.25) is 14.5 Å². The number of rotatable bonds is 16. The van der Waals surface area contributed by atoms with Gasteiger partial charge in [0.1, 0.15) is 17.9 Å². The Kier molecular flexibility index (Phi) is 12.5. The maximum absolute atomic E-state index is 14.3. The quantitative estimate of drug-likeness (QED) is 0.253. The molecule has 1 spiro atoms. The lowest BCUT2D eigenvalue weighted by molar-refractivity contribution is -0.132. The van der Waals surface area contributed by atoms with Crippen LogP contribution in [0, 0.1) is 17.2 Å². The van der Waals surface area contributed by atoms with Gasteiger partial charge in [0.15, 0.2) is 5.82 Å². The molecule has 0 radical (unpaired) electrons. The van der Waals surface area contributed by atoms with Crippen molar-refractivity contribution in [3.05, 3.63) is 35.9 Å². The number of likely N-dealkylation sites (tertiary alicyclic amines) is 1. The molecule has 260 valence electrons. The van der Waals surface area contributed by atoms with Gasteiger partial charge >= 0.3 is 0 Å². The SMILES string of the molecule is CCCC(CCCN(C)CC(C)C(=O)N(C)C)N1CC2(CCN(c3ncnnc3Oc3ccc(F)cc3C(=O)N(CC)C(C)C)C2)C1. The van der Waals surface area contributed by atoms with Crippen LogP contribution in [0.2, 0.25) is 0 Å². The normalized spacial score (nSPS) is 17.2. The van der Waals surface area contributed by atoms with E-state index in [0.717, 1.165) is 65.0 Å². The van der Waals surface area contributed by atoms with E-state index in [0.29, 0.717) is 18.4 Å². The van der Waals surface area contributed by atoms with Crippen LogP contribution >= 0.6 is 0 Å². The molecule has 2 aromatic rings. The van der Waals surface area contributed by atoms with Crippen molar-refractivity contribution in [3.63, 3.8) is 0 Å². The highest BCUT2D eigenvalue weighted by Gasteiger charge is 2.49. The molecule has 0 bridgehead atoms. The highest BCUT2D eigenvalue weighted by Crippen LogP contribution is 2.44. The van der Waals surface area contributed by atoms with Crippen molar-refractivity contribution in [2.75, 3.05) is 71.9 Å². The minimum Gasteiger partial charge on any atom is -0.434 e. The zero-order valence-corrected chi connectivity index (χ0v) is 29.7. The van der Waals surface area contributed by atoms with Crippen molar-refractivity contribution in [2.24, 2.45) is 11.3 Å². The summed E-state index contributed by atoms with van der Waals surface area (Å²) in [5.74, 6) is 0.395. The second kappa shape index (κ2) is 16.1. The van der Waals surface area contributed by atoms with Gasteiger partial charge in [0.2, 0.25) is 5.91 Å². The van der Waals surface area contributed by atoms with Gasteiger partial charge in [0.05, 0.1) is 5.56 Å². The standard InChI is InChI=1S/C35H55FN8O3/c1-9-12-28(13-11-17-41(8)20-26(5)33(45)40(6)7)43-22-35(23-43)16-18-42(21-35)31-32(39-38-24-37-31)47-30-15-14-27(36)19-29(30)34(46)44(10-2)25(3)4/h14-15,19,24-26,28H,9-13,16-18,20-23H2,1-8H3. The highest BCUT2D eigenvalue weighted by molar-refractivity contribution is 5.97. The van der Waals surface area contributed by atoms with E-state index < -0.39 is 5.82 Å². The maximum Gasteiger partial charge on any atom is 0.282 e. The van der Waals surface area contributed by atoms with E-state index in [-0.39, 0.29) is 46.4 Å². The molecule has 1 aromatic heterocycles. The van der Waals surface area contributed by atoms with Gasteiger partial charge in [-0.15, -0.1) is 10.2 Å². The van der Waals surface area contributed by atoms with Crippen LogP contribution in [-0.4, -0.2) is 126 Å². The van der Waals surface area contributed by atoms with Gasteiger partial charge in [-0.2, -0.15) is 0 Å². The minimum absolute atomic E-state index is 0.00507. The molecule has 2 amide bonds. The van der Waals surface area contributed by atoms with Crippen LogP contribution in [0.4, 0.5) is 10.2 Å². The van der Waals surface area contributed by atoms with Crippen molar-refractivity contribution >= 4 is 17.6 Å². The number of amides is 2. The van der Waals surface area contributed by atoms with Crippen LogP contribution in [0.15, 0.2) is 24.5 Å². The first kappa shape index (κ1) is 36.5. The third-order valence-electron chi connectivity index (χ3n) is 9.65. The fraction of sp³-hybridized carbons (Fsp3) is 0.686. The zero-order valence-electron chi connectivity index (χ0n) is 29.7. The molecule has 2 fully saturated rings. The first-order valence-corrected chi connectivity index (χ1v) is 17.2. The summed E-state index contributed by atoms with van der Waals surface area (Å²) in [6.45, 7) is 16.0. The lowest BCUT2D eigenvalue weighted by Crippen LogP contribution is -2.60. The molecule has 12 heteroatoms. The average molecular weight is 655 g/mol. The number of carbonyl (C=O) groups excluding carboxylic acids is 2. The minimum atomic E-state index is -0.506. The predicted molar refractivity (Wildman–Crippen MR) is 182 cm³/mol. The molecule has 2 unspecified atom stereocenters. The second-order valence-electron chi connectivity index (χ2n) is 14.1. The lowest BCUT2D eigenvalue weighted by atomic mass is 9.77. The first-order chi connectivity index (χ1) is 22.4.